The molecule has 0 atom stereocenters. The van der Waals surface area contributed by atoms with E-state index in [2.05, 4.69) is 16.9 Å². The maximum absolute atomic E-state index is 13.2. The van der Waals surface area contributed by atoms with Crippen LogP contribution in [0.2, 0.25) is 0 Å². The molecule has 0 bridgehead atoms. The predicted molar refractivity (Wildman–Crippen MR) is 136 cm³/mol. The number of aryl methyl sites for hydroxylation is 2. The maximum Gasteiger partial charge on any atom is 0.262 e. The summed E-state index contributed by atoms with van der Waals surface area (Å²) in [5.41, 5.74) is 1.71. The fraction of sp³-hybridized carbons (Fsp3) is 0.385. The number of rotatable bonds is 9. The molecule has 0 aliphatic carbocycles. The highest BCUT2D eigenvalue weighted by Crippen LogP contribution is 2.33. The van der Waals surface area contributed by atoms with Gasteiger partial charge in [0.15, 0.2) is 0 Å². The zero-order chi connectivity index (χ0) is 24.2. The van der Waals surface area contributed by atoms with E-state index in [1.165, 1.54) is 11.3 Å². The van der Waals surface area contributed by atoms with Crippen molar-refractivity contribution in [3.8, 4) is 5.75 Å². The Labute approximate surface area is 207 Å². The third-order valence-corrected chi connectivity index (χ3v) is 7.48. The average Bonchev–Trinajstić information content (AvgIpc) is 3.53. The molecule has 4 heterocycles. The molecule has 0 saturated carbocycles. The molecule has 1 aromatic carbocycles. The lowest BCUT2D eigenvalue weighted by atomic mass is 10.0. The summed E-state index contributed by atoms with van der Waals surface area (Å²) in [5.74, 6) is 0.783. The standard InChI is InChI=1S/C26H29N5O3S/c1-2-3-15-34-20-7-5-19(6-8-20)25(32)30-13-9-21-22(16-30)35-24-23(21)26(33)31(18-28-24)12-4-11-29-14-10-27-17-29/h5-8,10,14,17-18H,2-4,9,11-13,15-16H2,1H3. The molecule has 9 heteroatoms. The summed E-state index contributed by atoms with van der Waals surface area (Å²) in [6.07, 6.45) is 10.7. The molecule has 35 heavy (non-hydrogen) atoms. The van der Waals surface area contributed by atoms with Crippen molar-refractivity contribution in [1.29, 1.82) is 0 Å². The van der Waals surface area contributed by atoms with Crippen molar-refractivity contribution in [2.24, 2.45) is 0 Å². The van der Waals surface area contributed by atoms with Crippen molar-refractivity contribution in [1.82, 2.24) is 24.0 Å². The Morgan fingerprint density at radius 1 is 1.14 bits per heavy atom. The van der Waals surface area contributed by atoms with Crippen LogP contribution >= 0.6 is 11.3 Å². The number of amides is 1. The first-order valence-corrected chi connectivity index (χ1v) is 12.9. The van der Waals surface area contributed by atoms with Gasteiger partial charge in [-0.15, -0.1) is 11.3 Å². The lowest BCUT2D eigenvalue weighted by Gasteiger charge is -2.27. The van der Waals surface area contributed by atoms with E-state index in [4.69, 9.17) is 4.74 Å². The van der Waals surface area contributed by atoms with Gasteiger partial charge in [-0.2, -0.15) is 0 Å². The monoisotopic (exact) mass is 491 g/mol. The lowest BCUT2D eigenvalue weighted by molar-refractivity contribution is 0.0737. The van der Waals surface area contributed by atoms with Crippen molar-refractivity contribution >= 4 is 27.5 Å². The van der Waals surface area contributed by atoms with Gasteiger partial charge in [-0.05, 0) is 49.1 Å². The van der Waals surface area contributed by atoms with E-state index in [1.54, 1.807) is 23.4 Å². The van der Waals surface area contributed by atoms with Crippen LogP contribution in [-0.4, -0.2) is 43.1 Å². The minimum absolute atomic E-state index is 0.00177. The quantitative estimate of drug-likeness (QED) is 0.329. The summed E-state index contributed by atoms with van der Waals surface area (Å²) in [4.78, 5) is 38.7. The van der Waals surface area contributed by atoms with E-state index < -0.39 is 0 Å². The molecule has 8 nitrogen and oxygen atoms in total. The van der Waals surface area contributed by atoms with Gasteiger partial charge in [-0.1, -0.05) is 13.3 Å². The van der Waals surface area contributed by atoms with Gasteiger partial charge in [0.2, 0.25) is 0 Å². The van der Waals surface area contributed by atoms with E-state index in [0.29, 0.717) is 38.2 Å². The summed E-state index contributed by atoms with van der Waals surface area (Å²) in [6, 6.07) is 7.37. The van der Waals surface area contributed by atoms with E-state index in [0.717, 1.165) is 52.2 Å². The molecule has 1 aliphatic rings. The normalized spacial score (nSPS) is 13.2. The first kappa shape index (κ1) is 23.3. The van der Waals surface area contributed by atoms with Crippen LogP contribution in [0, 0.1) is 0 Å². The number of hydrogen-bond acceptors (Lipinski definition) is 6. The fourth-order valence-corrected chi connectivity index (χ4v) is 5.60. The maximum atomic E-state index is 13.2. The topological polar surface area (TPSA) is 82.2 Å². The summed E-state index contributed by atoms with van der Waals surface area (Å²) in [7, 11) is 0. The molecule has 0 N–H and O–H groups in total. The van der Waals surface area contributed by atoms with Gasteiger partial charge in [0.05, 0.1) is 31.2 Å². The number of carbonyl (C=O) groups excluding carboxylic acids is 1. The van der Waals surface area contributed by atoms with Gasteiger partial charge in [0.25, 0.3) is 11.5 Å². The van der Waals surface area contributed by atoms with Crippen LogP contribution in [0.4, 0.5) is 0 Å². The Bertz CT molecular complexity index is 1360. The Morgan fingerprint density at radius 2 is 2.00 bits per heavy atom. The molecular weight excluding hydrogens is 462 g/mol. The van der Waals surface area contributed by atoms with Crippen molar-refractivity contribution in [2.75, 3.05) is 13.2 Å². The third kappa shape index (κ3) is 5.00. The summed E-state index contributed by atoms with van der Waals surface area (Å²) in [6.45, 7) is 5.31. The Kier molecular flexibility index (Phi) is 6.94. The Balaban J connectivity index is 1.28. The van der Waals surface area contributed by atoms with E-state index >= 15 is 0 Å². The van der Waals surface area contributed by atoms with E-state index in [1.807, 2.05) is 39.9 Å². The van der Waals surface area contributed by atoms with E-state index in [-0.39, 0.29) is 11.5 Å². The van der Waals surface area contributed by atoms with Gasteiger partial charge < -0.3 is 14.2 Å². The number of imidazole rings is 1. The number of fused-ring (bicyclic) bond motifs is 3. The molecular formula is C26H29N5O3S. The number of hydrogen-bond donors (Lipinski definition) is 0. The zero-order valence-corrected chi connectivity index (χ0v) is 20.7. The largest absolute Gasteiger partial charge is 0.494 e. The first-order valence-electron chi connectivity index (χ1n) is 12.1. The molecule has 0 spiro atoms. The summed E-state index contributed by atoms with van der Waals surface area (Å²) >= 11 is 1.52. The van der Waals surface area contributed by atoms with Crippen molar-refractivity contribution in [3.05, 3.63) is 75.7 Å². The van der Waals surface area contributed by atoms with Crippen molar-refractivity contribution < 1.29 is 9.53 Å². The van der Waals surface area contributed by atoms with Crippen LogP contribution in [-0.2, 0) is 26.1 Å². The smallest absolute Gasteiger partial charge is 0.262 e. The second kappa shape index (κ2) is 10.4. The van der Waals surface area contributed by atoms with Crippen LogP contribution in [0.3, 0.4) is 0 Å². The number of ether oxygens (including phenoxy) is 1. The highest BCUT2D eigenvalue weighted by atomic mass is 32.1. The van der Waals surface area contributed by atoms with Crippen LogP contribution < -0.4 is 10.3 Å². The predicted octanol–water partition coefficient (Wildman–Crippen LogP) is 4.12. The number of benzene rings is 1. The Hall–Kier alpha value is -3.46. The number of nitrogens with zero attached hydrogens (tertiary/aromatic N) is 5. The number of carbonyl (C=O) groups is 1. The fourth-order valence-electron chi connectivity index (χ4n) is 4.40. The molecule has 0 unspecified atom stereocenters. The minimum atomic E-state index is -0.00177. The molecule has 3 aromatic heterocycles. The van der Waals surface area contributed by atoms with Gasteiger partial charge >= 0.3 is 0 Å². The van der Waals surface area contributed by atoms with Gasteiger partial charge in [0, 0.05) is 42.5 Å². The van der Waals surface area contributed by atoms with Gasteiger partial charge in [-0.25, -0.2) is 9.97 Å². The molecule has 0 radical (unpaired) electrons. The zero-order valence-electron chi connectivity index (χ0n) is 19.9. The molecule has 5 rings (SSSR count). The van der Waals surface area contributed by atoms with Crippen LogP contribution in [0.1, 0.15) is 47.0 Å². The summed E-state index contributed by atoms with van der Waals surface area (Å²) < 4.78 is 9.41. The van der Waals surface area contributed by atoms with Crippen LogP contribution in [0.25, 0.3) is 10.2 Å². The first-order chi connectivity index (χ1) is 17.1. The molecule has 0 fully saturated rings. The summed E-state index contributed by atoms with van der Waals surface area (Å²) in [5, 5.41) is 0.718. The van der Waals surface area contributed by atoms with Crippen molar-refractivity contribution in [3.63, 3.8) is 0 Å². The average molecular weight is 492 g/mol. The SMILES string of the molecule is CCCCOc1ccc(C(=O)N2CCc3c(sc4ncn(CCCn5ccnc5)c(=O)c34)C2)cc1. The second-order valence-electron chi connectivity index (χ2n) is 8.78. The van der Waals surface area contributed by atoms with Gasteiger partial charge in [-0.3, -0.25) is 14.2 Å². The van der Waals surface area contributed by atoms with Gasteiger partial charge in [0.1, 0.15) is 10.6 Å². The second-order valence-corrected chi connectivity index (χ2v) is 9.87. The molecule has 1 amide bonds. The van der Waals surface area contributed by atoms with Crippen molar-refractivity contribution in [2.45, 2.75) is 52.2 Å². The lowest BCUT2D eigenvalue weighted by Crippen LogP contribution is -2.35. The number of thiophene rings is 1. The third-order valence-electron chi connectivity index (χ3n) is 6.36. The number of aromatic nitrogens is 4. The van der Waals surface area contributed by atoms with E-state index in [9.17, 15) is 9.59 Å². The molecule has 1 aliphatic heterocycles. The van der Waals surface area contributed by atoms with Crippen LogP contribution in [0.15, 0.2) is 54.1 Å². The number of unbranched alkanes of at least 4 members (excludes halogenated alkanes) is 1. The molecule has 182 valence electrons. The minimum Gasteiger partial charge on any atom is -0.494 e. The van der Waals surface area contributed by atoms with Crippen LogP contribution in [0.5, 0.6) is 5.75 Å². The molecule has 4 aromatic rings. The molecule has 0 saturated heterocycles. The Morgan fingerprint density at radius 3 is 2.77 bits per heavy atom. The highest BCUT2D eigenvalue weighted by molar-refractivity contribution is 7.18. The highest BCUT2D eigenvalue weighted by Gasteiger charge is 2.27.